The lowest BCUT2D eigenvalue weighted by Gasteiger charge is -2.55. The fourth-order valence-corrected chi connectivity index (χ4v) is 3.69. The van der Waals surface area contributed by atoms with Gasteiger partial charge in [-0.15, -0.1) is 0 Å². The SMILES string of the molecule is C[C@@H](O)CC(=O)N1CCCC2(C1)CN(C(CCC(N)=O)C(N)=O)C2=O. The van der Waals surface area contributed by atoms with Crippen LogP contribution in [0.3, 0.4) is 0 Å². The highest BCUT2D eigenvalue weighted by Gasteiger charge is 2.56. The lowest BCUT2D eigenvalue weighted by molar-refractivity contribution is -0.175. The summed E-state index contributed by atoms with van der Waals surface area (Å²) in [5, 5.41) is 9.37. The van der Waals surface area contributed by atoms with Gasteiger partial charge in [0.15, 0.2) is 0 Å². The van der Waals surface area contributed by atoms with E-state index in [9.17, 15) is 24.3 Å². The molecule has 2 aliphatic heterocycles. The number of carbonyl (C=O) groups excluding carboxylic acids is 4. The number of hydrogen-bond acceptors (Lipinski definition) is 5. The first-order valence-electron chi connectivity index (χ1n) is 8.51. The molecule has 2 rings (SSSR count). The van der Waals surface area contributed by atoms with Crippen molar-refractivity contribution in [3.05, 3.63) is 0 Å². The molecule has 140 valence electrons. The quantitative estimate of drug-likeness (QED) is 0.468. The molecule has 0 aromatic rings. The highest BCUT2D eigenvalue weighted by atomic mass is 16.3. The number of primary amides is 2. The van der Waals surface area contributed by atoms with Gasteiger partial charge in [-0.25, -0.2) is 0 Å². The van der Waals surface area contributed by atoms with Crippen molar-refractivity contribution < 1.29 is 24.3 Å². The molecule has 2 unspecified atom stereocenters. The molecule has 9 nitrogen and oxygen atoms in total. The molecule has 2 aliphatic rings. The Morgan fingerprint density at radius 3 is 2.48 bits per heavy atom. The fourth-order valence-electron chi connectivity index (χ4n) is 3.69. The van der Waals surface area contributed by atoms with Gasteiger partial charge >= 0.3 is 0 Å². The second-order valence-electron chi connectivity index (χ2n) is 7.11. The summed E-state index contributed by atoms with van der Waals surface area (Å²) in [6.07, 6.45) is 0.708. The van der Waals surface area contributed by atoms with Crippen LogP contribution in [0.15, 0.2) is 0 Å². The van der Waals surface area contributed by atoms with E-state index in [1.165, 1.54) is 4.90 Å². The standard InChI is InChI=1S/C16H26N4O5/c1-10(21)7-13(23)19-6-2-5-16(8-19)9-20(15(16)25)11(14(18)24)3-4-12(17)22/h10-11,21H,2-9H2,1H3,(H2,17,22)(H2,18,24)/t10-,11?,16?/m1/s1. The molecule has 1 spiro atoms. The van der Waals surface area contributed by atoms with Gasteiger partial charge in [0.05, 0.1) is 17.9 Å². The largest absolute Gasteiger partial charge is 0.393 e. The van der Waals surface area contributed by atoms with Gasteiger partial charge in [-0.3, -0.25) is 19.2 Å². The van der Waals surface area contributed by atoms with Gasteiger partial charge < -0.3 is 26.4 Å². The lowest BCUT2D eigenvalue weighted by Crippen LogP contribution is -2.71. The Labute approximate surface area is 146 Å². The van der Waals surface area contributed by atoms with Crippen LogP contribution in [-0.4, -0.2) is 70.3 Å². The first-order valence-corrected chi connectivity index (χ1v) is 8.51. The van der Waals surface area contributed by atoms with E-state index >= 15 is 0 Å². The van der Waals surface area contributed by atoms with E-state index in [-0.39, 0.29) is 37.6 Å². The first-order chi connectivity index (χ1) is 11.7. The Balaban J connectivity index is 2.02. The van der Waals surface area contributed by atoms with Crippen LogP contribution in [0.25, 0.3) is 0 Å². The maximum absolute atomic E-state index is 12.7. The smallest absolute Gasteiger partial charge is 0.240 e. The van der Waals surface area contributed by atoms with Crippen molar-refractivity contribution in [2.24, 2.45) is 16.9 Å². The number of likely N-dealkylation sites (tertiary alicyclic amines) is 2. The second kappa shape index (κ2) is 7.38. The molecule has 2 saturated heterocycles. The zero-order valence-corrected chi connectivity index (χ0v) is 14.4. The summed E-state index contributed by atoms with van der Waals surface area (Å²) in [7, 11) is 0. The molecule has 4 amide bonds. The average Bonchev–Trinajstić information content (AvgIpc) is 2.53. The summed E-state index contributed by atoms with van der Waals surface area (Å²) in [5.41, 5.74) is 9.78. The van der Waals surface area contributed by atoms with Crippen LogP contribution in [0.1, 0.15) is 39.0 Å². The molecule has 0 aliphatic carbocycles. The van der Waals surface area contributed by atoms with Gasteiger partial charge in [0.1, 0.15) is 6.04 Å². The molecule has 9 heteroatoms. The van der Waals surface area contributed by atoms with Crippen molar-refractivity contribution in [2.75, 3.05) is 19.6 Å². The van der Waals surface area contributed by atoms with Gasteiger partial charge in [0.25, 0.3) is 0 Å². The van der Waals surface area contributed by atoms with Crippen molar-refractivity contribution in [3.63, 3.8) is 0 Å². The molecule has 3 atom stereocenters. The van der Waals surface area contributed by atoms with Gasteiger partial charge in [0.2, 0.25) is 23.6 Å². The number of rotatable bonds is 7. The monoisotopic (exact) mass is 354 g/mol. The number of piperidine rings is 1. The van der Waals surface area contributed by atoms with Crippen molar-refractivity contribution in [1.29, 1.82) is 0 Å². The van der Waals surface area contributed by atoms with Gasteiger partial charge in [-0.2, -0.15) is 0 Å². The summed E-state index contributed by atoms with van der Waals surface area (Å²) >= 11 is 0. The minimum atomic E-state index is -0.853. The molecule has 0 bridgehead atoms. The van der Waals surface area contributed by atoms with E-state index in [2.05, 4.69) is 0 Å². The van der Waals surface area contributed by atoms with Gasteiger partial charge in [0, 0.05) is 26.1 Å². The highest BCUT2D eigenvalue weighted by Crippen LogP contribution is 2.42. The molecular formula is C16H26N4O5. The first kappa shape index (κ1) is 19.2. The lowest BCUT2D eigenvalue weighted by atomic mass is 9.71. The van der Waals surface area contributed by atoms with E-state index in [4.69, 9.17) is 11.5 Å². The number of amides is 4. The van der Waals surface area contributed by atoms with E-state index in [0.29, 0.717) is 25.9 Å². The number of aliphatic hydroxyl groups is 1. The van der Waals surface area contributed by atoms with Crippen LogP contribution in [0.2, 0.25) is 0 Å². The Bertz CT molecular complexity index is 579. The summed E-state index contributed by atoms with van der Waals surface area (Å²) in [5.74, 6) is -1.61. The van der Waals surface area contributed by atoms with Crippen LogP contribution in [0, 0.1) is 5.41 Å². The Morgan fingerprint density at radius 2 is 1.96 bits per heavy atom. The van der Waals surface area contributed by atoms with Crippen molar-refractivity contribution in [1.82, 2.24) is 9.80 Å². The van der Waals surface area contributed by atoms with Crippen LogP contribution in [0.4, 0.5) is 0 Å². The van der Waals surface area contributed by atoms with Crippen molar-refractivity contribution in [3.8, 4) is 0 Å². The van der Waals surface area contributed by atoms with E-state index in [0.717, 1.165) is 0 Å². The third kappa shape index (κ3) is 4.09. The number of β-lactam (4-membered cyclic amide) rings is 1. The van der Waals surface area contributed by atoms with Gasteiger partial charge in [-0.05, 0) is 26.2 Å². The molecule has 0 radical (unpaired) electrons. The number of aliphatic hydroxyl groups excluding tert-OH is 1. The second-order valence-corrected chi connectivity index (χ2v) is 7.11. The predicted molar refractivity (Wildman–Crippen MR) is 87.7 cm³/mol. The molecule has 0 aromatic heterocycles. The molecule has 25 heavy (non-hydrogen) atoms. The normalized spacial score (nSPS) is 25.4. The number of hydrogen-bond donors (Lipinski definition) is 3. The maximum Gasteiger partial charge on any atom is 0.240 e. The summed E-state index contributed by atoms with van der Waals surface area (Å²) in [4.78, 5) is 50.5. The predicted octanol–water partition coefficient (Wildman–Crippen LogP) is -1.67. The number of carbonyl (C=O) groups is 4. The molecule has 2 heterocycles. The van der Waals surface area contributed by atoms with Gasteiger partial charge in [-0.1, -0.05) is 0 Å². The Kier molecular flexibility index (Phi) is 5.66. The zero-order valence-electron chi connectivity index (χ0n) is 14.4. The molecule has 5 N–H and O–H groups in total. The molecular weight excluding hydrogens is 328 g/mol. The highest BCUT2D eigenvalue weighted by molar-refractivity contribution is 5.95. The topological polar surface area (TPSA) is 147 Å². The minimum absolute atomic E-state index is 0.0243. The van der Waals surface area contributed by atoms with E-state index < -0.39 is 29.4 Å². The molecule has 0 saturated carbocycles. The van der Waals surface area contributed by atoms with Crippen LogP contribution >= 0.6 is 0 Å². The zero-order chi connectivity index (χ0) is 18.8. The number of nitrogens with zero attached hydrogens (tertiary/aromatic N) is 2. The van der Waals surface area contributed by atoms with Crippen LogP contribution < -0.4 is 11.5 Å². The fraction of sp³-hybridized carbons (Fsp3) is 0.750. The summed E-state index contributed by atoms with van der Waals surface area (Å²) < 4.78 is 0. The third-order valence-corrected chi connectivity index (χ3v) is 4.96. The van der Waals surface area contributed by atoms with Crippen LogP contribution in [0.5, 0.6) is 0 Å². The summed E-state index contributed by atoms with van der Waals surface area (Å²) in [6.45, 7) is 2.72. The summed E-state index contributed by atoms with van der Waals surface area (Å²) in [6, 6.07) is -0.853. The number of nitrogens with two attached hydrogens (primary N) is 2. The molecule has 2 fully saturated rings. The average molecular weight is 354 g/mol. The Morgan fingerprint density at radius 1 is 1.28 bits per heavy atom. The van der Waals surface area contributed by atoms with Crippen molar-refractivity contribution in [2.45, 2.75) is 51.2 Å². The van der Waals surface area contributed by atoms with Crippen LogP contribution in [-0.2, 0) is 19.2 Å². The Hall–Kier alpha value is -2.16. The maximum atomic E-state index is 12.7. The third-order valence-electron chi connectivity index (χ3n) is 4.96. The van der Waals surface area contributed by atoms with E-state index in [1.807, 2.05) is 0 Å². The minimum Gasteiger partial charge on any atom is -0.393 e. The van der Waals surface area contributed by atoms with E-state index in [1.54, 1.807) is 11.8 Å². The molecule has 0 aromatic carbocycles. The van der Waals surface area contributed by atoms with Crippen molar-refractivity contribution >= 4 is 23.6 Å².